The van der Waals surface area contributed by atoms with Crippen molar-refractivity contribution >= 4 is 23.4 Å². The summed E-state index contributed by atoms with van der Waals surface area (Å²) < 4.78 is 5.20. The van der Waals surface area contributed by atoms with E-state index in [1.807, 2.05) is 24.3 Å². The lowest BCUT2D eigenvalue weighted by molar-refractivity contribution is -0.113. The minimum atomic E-state index is -0.153. The minimum Gasteiger partial charge on any atom is -0.495 e. The molecule has 0 unspecified atom stereocenters. The Bertz CT molecular complexity index is 822. The highest BCUT2D eigenvalue weighted by Crippen LogP contribution is 2.24. The Hall–Kier alpha value is -2.87. The van der Waals surface area contributed by atoms with E-state index in [-0.39, 0.29) is 11.7 Å². The second-order valence-electron chi connectivity index (χ2n) is 4.74. The van der Waals surface area contributed by atoms with E-state index in [2.05, 4.69) is 25.5 Å². The van der Waals surface area contributed by atoms with Gasteiger partial charge in [-0.1, -0.05) is 23.9 Å². The standard InChI is InChI=1S/C16H15N5O2S/c1-23-13-5-3-2-4-12(13)18-14(22)10-24-16-19-15(20-21-16)11-6-8-17-9-7-11/h2-9H,10H2,1H3,(H,18,22)(H,19,20,21). The molecule has 0 saturated carbocycles. The Balaban J connectivity index is 1.58. The van der Waals surface area contributed by atoms with E-state index >= 15 is 0 Å². The van der Waals surface area contributed by atoms with Crippen molar-refractivity contribution in [1.29, 1.82) is 0 Å². The lowest BCUT2D eigenvalue weighted by Crippen LogP contribution is -2.14. The van der Waals surface area contributed by atoms with Crippen molar-refractivity contribution in [3.63, 3.8) is 0 Å². The van der Waals surface area contributed by atoms with Crippen LogP contribution in [0.1, 0.15) is 0 Å². The molecule has 24 heavy (non-hydrogen) atoms. The van der Waals surface area contributed by atoms with Crippen LogP contribution in [0.3, 0.4) is 0 Å². The zero-order chi connectivity index (χ0) is 16.8. The number of carbonyl (C=O) groups is 1. The molecule has 1 amide bonds. The predicted molar refractivity (Wildman–Crippen MR) is 92.0 cm³/mol. The van der Waals surface area contributed by atoms with Crippen LogP contribution in [0, 0.1) is 0 Å². The Morgan fingerprint density at radius 2 is 2.04 bits per heavy atom. The van der Waals surface area contributed by atoms with Gasteiger partial charge in [0.15, 0.2) is 5.82 Å². The summed E-state index contributed by atoms with van der Waals surface area (Å²) in [7, 11) is 1.56. The molecule has 3 aromatic rings. The van der Waals surface area contributed by atoms with E-state index < -0.39 is 0 Å². The van der Waals surface area contributed by atoms with Crippen LogP contribution in [0.2, 0.25) is 0 Å². The lowest BCUT2D eigenvalue weighted by atomic mass is 10.3. The number of benzene rings is 1. The number of rotatable bonds is 6. The number of H-pyrrole nitrogens is 1. The summed E-state index contributed by atoms with van der Waals surface area (Å²) in [6.45, 7) is 0. The van der Waals surface area contributed by atoms with Gasteiger partial charge in [-0.05, 0) is 24.3 Å². The smallest absolute Gasteiger partial charge is 0.234 e. The van der Waals surface area contributed by atoms with E-state index in [0.717, 1.165) is 5.56 Å². The molecule has 3 rings (SSSR count). The first-order valence-electron chi connectivity index (χ1n) is 7.15. The predicted octanol–water partition coefficient (Wildman–Crippen LogP) is 2.61. The van der Waals surface area contributed by atoms with Gasteiger partial charge in [0.25, 0.3) is 0 Å². The summed E-state index contributed by atoms with van der Waals surface area (Å²) in [6.07, 6.45) is 3.37. The number of ether oxygens (including phenoxy) is 1. The van der Waals surface area contributed by atoms with Crippen molar-refractivity contribution in [2.45, 2.75) is 5.16 Å². The third-order valence-corrected chi connectivity index (χ3v) is 3.98. The maximum Gasteiger partial charge on any atom is 0.234 e. The van der Waals surface area contributed by atoms with Crippen LogP contribution < -0.4 is 10.1 Å². The summed E-state index contributed by atoms with van der Waals surface area (Å²) in [6, 6.07) is 10.9. The van der Waals surface area contributed by atoms with Gasteiger partial charge in [0.2, 0.25) is 11.1 Å². The summed E-state index contributed by atoms with van der Waals surface area (Å²) in [5.41, 5.74) is 1.53. The van der Waals surface area contributed by atoms with Crippen LogP contribution in [0.4, 0.5) is 5.69 Å². The van der Waals surface area contributed by atoms with Gasteiger partial charge in [-0.3, -0.25) is 14.9 Å². The van der Waals surface area contributed by atoms with Gasteiger partial charge in [0, 0.05) is 18.0 Å². The third-order valence-electron chi connectivity index (χ3n) is 3.13. The van der Waals surface area contributed by atoms with Crippen LogP contribution in [-0.2, 0) is 4.79 Å². The van der Waals surface area contributed by atoms with Gasteiger partial charge in [-0.2, -0.15) is 0 Å². The van der Waals surface area contributed by atoms with Crippen molar-refractivity contribution in [2.24, 2.45) is 0 Å². The highest BCUT2D eigenvalue weighted by Gasteiger charge is 2.10. The molecule has 2 N–H and O–H groups in total. The molecule has 0 bridgehead atoms. The van der Waals surface area contributed by atoms with Crippen molar-refractivity contribution in [1.82, 2.24) is 20.2 Å². The Morgan fingerprint density at radius 1 is 1.25 bits per heavy atom. The van der Waals surface area contributed by atoms with Gasteiger partial charge in [-0.25, -0.2) is 4.98 Å². The number of aromatic amines is 1. The summed E-state index contributed by atoms with van der Waals surface area (Å²) in [4.78, 5) is 20.4. The number of amides is 1. The molecule has 1 aromatic carbocycles. The fourth-order valence-corrected chi connectivity index (χ4v) is 2.61. The fourth-order valence-electron chi connectivity index (χ4n) is 2.01. The molecule has 0 fully saturated rings. The number of methoxy groups -OCH3 is 1. The highest BCUT2D eigenvalue weighted by molar-refractivity contribution is 7.99. The Kier molecular flexibility index (Phi) is 5.07. The van der Waals surface area contributed by atoms with Crippen molar-refractivity contribution in [3.8, 4) is 17.1 Å². The quantitative estimate of drug-likeness (QED) is 0.670. The number of nitrogens with one attached hydrogen (secondary N) is 2. The number of hydrogen-bond donors (Lipinski definition) is 2. The van der Waals surface area contributed by atoms with Crippen LogP contribution >= 0.6 is 11.8 Å². The first-order valence-corrected chi connectivity index (χ1v) is 8.13. The molecule has 0 atom stereocenters. The molecular formula is C16H15N5O2S. The van der Waals surface area contributed by atoms with Crippen LogP contribution in [-0.4, -0.2) is 38.9 Å². The minimum absolute atomic E-state index is 0.153. The maximum absolute atomic E-state index is 12.1. The van der Waals surface area contributed by atoms with Gasteiger partial charge < -0.3 is 10.1 Å². The molecule has 0 aliphatic heterocycles. The number of nitrogens with zero attached hydrogens (tertiary/aromatic N) is 3. The molecule has 2 aromatic heterocycles. The molecule has 0 aliphatic rings. The molecule has 7 nitrogen and oxygen atoms in total. The van der Waals surface area contributed by atoms with E-state index in [1.165, 1.54) is 11.8 Å². The second kappa shape index (κ2) is 7.60. The second-order valence-corrected chi connectivity index (χ2v) is 5.68. The summed E-state index contributed by atoms with van der Waals surface area (Å²) >= 11 is 1.25. The first kappa shape index (κ1) is 16.0. The van der Waals surface area contributed by atoms with Gasteiger partial charge in [0.1, 0.15) is 5.75 Å². The first-order chi connectivity index (χ1) is 11.8. The molecular weight excluding hydrogens is 326 g/mol. The zero-order valence-corrected chi connectivity index (χ0v) is 13.7. The molecule has 0 radical (unpaired) electrons. The molecule has 122 valence electrons. The summed E-state index contributed by atoms with van der Waals surface area (Å²) in [5.74, 6) is 1.31. The van der Waals surface area contributed by atoms with E-state index in [0.29, 0.717) is 22.4 Å². The number of pyridine rings is 1. The zero-order valence-electron chi connectivity index (χ0n) is 12.9. The number of aromatic nitrogens is 4. The summed E-state index contributed by atoms with van der Waals surface area (Å²) in [5, 5.41) is 10.3. The maximum atomic E-state index is 12.1. The molecule has 0 aliphatic carbocycles. The lowest BCUT2D eigenvalue weighted by Gasteiger charge is -2.08. The number of hydrogen-bond acceptors (Lipinski definition) is 6. The van der Waals surface area contributed by atoms with E-state index in [9.17, 15) is 4.79 Å². The molecule has 0 spiro atoms. The molecule has 0 saturated heterocycles. The average molecular weight is 341 g/mol. The highest BCUT2D eigenvalue weighted by atomic mass is 32.2. The number of anilines is 1. The van der Waals surface area contributed by atoms with E-state index in [1.54, 1.807) is 31.6 Å². The third kappa shape index (κ3) is 3.90. The number of thioether (sulfide) groups is 1. The van der Waals surface area contributed by atoms with Crippen LogP contribution in [0.25, 0.3) is 11.4 Å². The van der Waals surface area contributed by atoms with Gasteiger partial charge >= 0.3 is 0 Å². The van der Waals surface area contributed by atoms with Crippen molar-refractivity contribution in [3.05, 3.63) is 48.8 Å². The van der Waals surface area contributed by atoms with Gasteiger partial charge in [-0.15, -0.1) is 5.10 Å². The largest absolute Gasteiger partial charge is 0.495 e. The van der Waals surface area contributed by atoms with Crippen LogP contribution in [0.15, 0.2) is 53.9 Å². The van der Waals surface area contributed by atoms with Crippen molar-refractivity contribution in [2.75, 3.05) is 18.2 Å². The SMILES string of the molecule is COc1ccccc1NC(=O)CSc1n[nH]c(-c2ccncc2)n1. The number of carbonyl (C=O) groups excluding carboxylic acids is 1. The van der Waals surface area contributed by atoms with Gasteiger partial charge in [0.05, 0.1) is 18.6 Å². The average Bonchev–Trinajstić information content (AvgIpc) is 3.10. The van der Waals surface area contributed by atoms with E-state index in [4.69, 9.17) is 4.74 Å². The van der Waals surface area contributed by atoms with Crippen LogP contribution in [0.5, 0.6) is 5.75 Å². The Labute approximate surface area is 142 Å². The van der Waals surface area contributed by atoms with Crippen molar-refractivity contribution < 1.29 is 9.53 Å². The topological polar surface area (TPSA) is 92.8 Å². The monoisotopic (exact) mass is 341 g/mol. The Morgan fingerprint density at radius 3 is 2.83 bits per heavy atom. The number of para-hydroxylation sites is 2. The molecule has 2 heterocycles. The molecule has 8 heteroatoms. The fraction of sp³-hybridized carbons (Fsp3) is 0.125. The normalized spacial score (nSPS) is 10.4.